The summed E-state index contributed by atoms with van der Waals surface area (Å²) < 4.78 is 4.67. The van der Waals surface area contributed by atoms with Gasteiger partial charge in [0.1, 0.15) is 6.54 Å². The Kier molecular flexibility index (Phi) is 5.35. The van der Waals surface area contributed by atoms with Crippen molar-refractivity contribution in [2.45, 2.75) is 52.6 Å². The lowest BCUT2D eigenvalue weighted by atomic mass is 9.77. The summed E-state index contributed by atoms with van der Waals surface area (Å²) in [5.74, 6) is -0.388. The summed E-state index contributed by atoms with van der Waals surface area (Å²) in [6.45, 7) is 8.88. The molecule has 1 aliphatic heterocycles. The fraction of sp³-hybridized carbons (Fsp3) is 0.857. The van der Waals surface area contributed by atoms with Crippen molar-refractivity contribution in [1.82, 2.24) is 10.2 Å². The fourth-order valence-electron chi connectivity index (χ4n) is 2.52. The van der Waals surface area contributed by atoms with Gasteiger partial charge in [-0.2, -0.15) is 0 Å². The van der Waals surface area contributed by atoms with Gasteiger partial charge in [-0.1, -0.05) is 13.8 Å². The first kappa shape index (κ1) is 16.0. The standard InChI is InChI=1S/C14H26N2O3/c1-10(2)16(9-11(17)19-5)13(18)12-14(3,4)7-6-8-15-12/h10,12,15H,6-9H2,1-5H3. The van der Waals surface area contributed by atoms with E-state index in [1.54, 1.807) is 4.90 Å². The number of esters is 1. The third-order valence-corrected chi connectivity index (χ3v) is 3.81. The minimum Gasteiger partial charge on any atom is -0.468 e. The number of carbonyl (C=O) groups excluding carboxylic acids is 2. The molecule has 1 amide bonds. The average Bonchev–Trinajstić information content (AvgIpc) is 2.33. The maximum Gasteiger partial charge on any atom is 0.325 e. The number of nitrogens with one attached hydrogen (secondary N) is 1. The molecule has 0 saturated carbocycles. The quantitative estimate of drug-likeness (QED) is 0.779. The monoisotopic (exact) mass is 270 g/mol. The van der Waals surface area contributed by atoms with Gasteiger partial charge < -0.3 is 15.0 Å². The zero-order chi connectivity index (χ0) is 14.6. The highest BCUT2D eigenvalue weighted by molar-refractivity contribution is 5.86. The lowest BCUT2D eigenvalue weighted by Gasteiger charge is -2.41. The zero-order valence-corrected chi connectivity index (χ0v) is 12.7. The van der Waals surface area contributed by atoms with Crippen LogP contribution in [-0.4, -0.2) is 49.1 Å². The number of piperidine rings is 1. The van der Waals surface area contributed by atoms with Gasteiger partial charge in [-0.05, 0) is 38.6 Å². The van der Waals surface area contributed by atoms with Crippen LogP contribution in [0.4, 0.5) is 0 Å². The molecule has 5 nitrogen and oxygen atoms in total. The Labute approximate surface area is 115 Å². The summed E-state index contributed by atoms with van der Waals surface area (Å²) in [4.78, 5) is 25.7. The van der Waals surface area contributed by atoms with Crippen molar-refractivity contribution in [2.24, 2.45) is 5.41 Å². The molecule has 0 aromatic rings. The maximum absolute atomic E-state index is 12.7. The Morgan fingerprint density at radius 3 is 2.53 bits per heavy atom. The van der Waals surface area contributed by atoms with Crippen LogP contribution in [0.5, 0.6) is 0 Å². The van der Waals surface area contributed by atoms with Gasteiger partial charge in [-0.25, -0.2) is 0 Å². The molecule has 1 aliphatic rings. The molecule has 0 aromatic heterocycles. The Morgan fingerprint density at radius 1 is 1.42 bits per heavy atom. The third kappa shape index (κ3) is 3.93. The normalized spacial score (nSPS) is 22.1. The van der Waals surface area contributed by atoms with Crippen molar-refractivity contribution < 1.29 is 14.3 Å². The first-order valence-electron chi connectivity index (χ1n) is 6.90. The van der Waals surface area contributed by atoms with E-state index in [-0.39, 0.29) is 35.9 Å². The third-order valence-electron chi connectivity index (χ3n) is 3.81. The number of amides is 1. The minimum atomic E-state index is -0.379. The second kappa shape index (κ2) is 6.37. The van der Waals surface area contributed by atoms with Crippen LogP contribution in [0.1, 0.15) is 40.5 Å². The number of nitrogens with zero attached hydrogens (tertiary/aromatic N) is 1. The molecule has 5 heteroatoms. The van der Waals surface area contributed by atoms with Crippen molar-refractivity contribution in [3.8, 4) is 0 Å². The highest BCUT2D eigenvalue weighted by Gasteiger charge is 2.40. The molecule has 1 atom stereocenters. The van der Waals surface area contributed by atoms with E-state index in [9.17, 15) is 9.59 Å². The highest BCUT2D eigenvalue weighted by atomic mass is 16.5. The van der Waals surface area contributed by atoms with Crippen LogP contribution < -0.4 is 5.32 Å². The number of ether oxygens (including phenoxy) is 1. The van der Waals surface area contributed by atoms with E-state index in [0.29, 0.717) is 0 Å². The first-order valence-corrected chi connectivity index (χ1v) is 6.90. The molecule has 1 heterocycles. The molecule has 19 heavy (non-hydrogen) atoms. The molecule has 110 valence electrons. The fourth-order valence-corrected chi connectivity index (χ4v) is 2.52. The van der Waals surface area contributed by atoms with Gasteiger partial charge >= 0.3 is 5.97 Å². The summed E-state index contributed by atoms with van der Waals surface area (Å²) in [6.07, 6.45) is 2.09. The summed E-state index contributed by atoms with van der Waals surface area (Å²) >= 11 is 0. The highest BCUT2D eigenvalue weighted by Crippen LogP contribution is 2.31. The molecule has 0 radical (unpaired) electrons. The SMILES string of the molecule is COC(=O)CN(C(=O)C1NCCCC1(C)C)C(C)C. The van der Waals surface area contributed by atoms with Gasteiger partial charge in [0.05, 0.1) is 13.2 Å². The summed E-state index contributed by atoms with van der Waals surface area (Å²) in [5.41, 5.74) is -0.0847. The van der Waals surface area contributed by atoms with E-state index in [2.05, 4.69) is 23.9 Å². The second-order valence-corrected chi connectivity index (χ2v) is 6.12. The van der Waals surface area contributed by atoms with Gasteiger partial charge in [0.2, 0.25) is 5.91 Å². The molecule has 1 N–H and O–H groups in total. The van der Waals surface area contributed by atoms with Crippen molar-refractivity contribution >= 4 is 11.9 Å². The number of carbonyl (C=O) groups is 2. The molecule has 0 aromatic carbocycles. The number of rotatable bonds is 4. The topological polar surface area (TPSA) is 58.6 Å². The second-order valence-electron chi connectivity index (χ2n) is 6.12. The summed E-state index contributed by atoms with van der Waals surface area (Å²) in [6, 6.07) is -0.251. The summed E-state index contributed by atoms with van der Waals surface area (Å²) in [5, 5.41) is 3.29. The molecular formula is C14H26N2O3. The molecule has 0 aliphatic carbocycles. The molecule has 0 spiro atoms. The number of methoxy groups -OCH3 is 1. The molecule has 1 rings (SSSR count). The molecule has 1 unspecified atom stereocenters. The summed E-state index contributed by atoms with van der Waals surface area (Å²) in [7, 11) is 1.34. The largest absolute Gasteiger partial charge is 0.468 e. The van der Waals surface area contributed by atoms with Crippen LogP contribution in [0.2, 0.25) is 0 Å². The van der Waals surface area contributed by atoms with Crippen molar-refractivity contribution in [1.29, 1.82) is 0 Å². The van der Waals surface area contributed by atoms with Crippen LogP contribution in [0.25, 0.3) is 0 Å². The molecule has 1 saturated heterocycles. The van der Waals surface area contributed by atoms with Crippen LogP contribution in [-0.2, 0) is 14.3 Å². The van der Waals surface area contributed by atoms with Crippen LogP contribution in [0, 0.1) is 5.41 Å². The van der Waals surface area contributed by atoms with Crippen LogP contribution in [0.3, 0.4) is 0 Å². The van der Waals surface area contributed by atoms with E-state index in [1.165, 1.54) is 7.11 Å². The van der Waals surface area contributed by atoms with E-state index in [1.807, 2.05) is 13.8 Å². The first-order chi connectivity index (χ1) is 8.79. The smallest absolute Gasteiger partial charge is 0.325 e. The van der Waals surface area contributed by atoms with Crippen LogP contribution in [0.15, 0.2) is 0 Å². The Balaban J connectivity index is 2.83. The predicted molar refractivity (Wildman–Crippen MR) is 73.7 cm³/mol. The number of hydrogen-bond donors (Lipinski definition) is 1. The van der Waals surface area contributed by atoms with Gasteiger partial charge in [0, 0.05) is 6.04 Å². The van der Waals surface area contributed by atoms with E-state index >= 15 is 0 Å². The molecule has 1 fully saturated rings. The lowest BCUT2D eigenvalue weighted by Crippen LogP contribution is -2.58. The van der Waals surface area contributed by atoms with E-state index in [4.69, 9.17) is 0 Å². The van der Waals surface area contributed by atoms with Crippen molar-refractivity contribution in [3.05, 3.63) is 0 Å². The Hall–Kier alpha value is -1.10. The van der Waals surface area contributed by atoms with Gasteiger partial charge in [-0.15, -0.1) is 0 Å². The van der Waals surface area contributed by atoms with E-state index < -0.39 is 0 Å². The van der Waals surface area contributed by atoms with Crippen molar-refractivity contribution in [2.75, 3.05) is 20.2 Å². The minimum absolute atomic E-state index is 0.00917. The maximum atomic E-state index is 12.7. The van der Waals surface area contributed by atoms with Gasteiger partial charge in [0.15, 0.2) is 0 Å². The Bertz CT molecular complexity index is 340. The van der Waals surface area contributed by atoms with Gasteiger partial charge in [0.25, 0.3) is 0 Å². The zero-order valence-electron chi connectivity index (χ0n) is 12.7. The van der Waals surface area contributed by atoms with Crippen LogP contribution >= 0.6 is 0 Å². The molecule has 0 bridgehead atoms. The van der Waals surface area contributed by atoms with Gasteiger partial charge in [-0.3, -0.25) is 9.59 Å². The average molecular weight is 270 g/mol. The number of hydrogen-bond acceptors (Lipinski definition) is 4. The molecular weight excluding hydrogens is 244 g/mol. The van der Waals surface area contributed by atoms with E-state index in [0.717, 1.165) is 19.4 Å². The lowest BCUT2D eigenvalue weighted by molar-refractivity contribution is -0.150. The Morgan fingerprint density at radius 2 is 2.05 bits per heavy atom. The predicted octanol–water partition coefficient (Wildman–Crippen LogP) is 1.17. The van der Waals surface area contributed by atoms with Crippen molar-refractivity contribution in [3.63, 3.8) is 0 Å².